The molecule has 0 bridgehead atoms. The maximum absolute atomic E-state index is 11.7. The van der Waals surface area contributed by atoms with Crippen molar-refractivity contribution in [2.45, 2.75) is 0 Å². The van der Waals surface area contributed by atoms with Gasteiger partial charge in [0.1, 0.15) is 5.75 Å². The number of nitrogens with one attached hydrogen (secondary N) is 1. The van der Waals surface area contributed by atoms with Crippen LogP contribution in [-0.4, -0.2) is 18.4 Å². The summed E-state index contributed by atoms with van der Waals surface area (Å²) >= 11 is 2.19. The smallest absolute Gasteiger partial charge is 0.262 e. The highest BCUT2D eigenvalue weighted by Crippen LogP contribution is 2.14. The molecule has 2 aromatic carbocycles. The van der Waals surface area contributed by atoms with Crippen molar-refractivity contribution in [2.24, 2.45) is 5.73 Å². The number of amides is 2. The summed E-state index contributed by atoms with van der Waals surface area (Å²) in [5, 5.41) is 2.67. The van der Waals surface area contributed by atoms with E-state index in [2.05, 4.69) is 27.9 Å². The minimum Gasteiger partial charge on any atom is -0.484 e. The number of benzene rings is 2. The Hall–Kier alpha value is -2.09. The van der Waals surface area contributed by atoms with Crippen LogP contribution in [0.5, 0.6) is 5.75 Å². The summed E-state index contributed by atoms with van der Waals surface area (Å²) < 4.78 is 6.46. The summed E-state index contributed by atoms with van der Waals surface area (Å²) in [7, 11) is 0. The van der Waals surface area contributed by atoms with E-state index < -0.39 is 5.91 Å². The molecule has 2 amide bonds. The Labute approximate surface area is 135 Å². The molecule has 0 aromatic heterocycles. The summed E-state index contributed by atoms with van der Waals surface area (Å²) in [6.45, 7) is -0.0852. The van der Waals surface area contributed by atoms with Gasteiger partial charge in [0.25, 0.3) is 5.91 Å². The van der Waals surface area contributed by atoms with Crippen molar-refractivity contribution in [1.82, 2.24) is 0 Å². The molecule has 0 heterocycles. The maximum atomic E-state index is 11.7. The summed E-state index contributed by atoms with van der Waals surface area (Å²) in [5.74, 6) is -0.148. The molecule has 0 spiro atoms. The van der Waals surface area contributed by atoms with E-state index in [1.54, 1.807) is 36.4 Å². The second kappa shape index (κ2) is 7.07. The molecular formula is C15H13IN2O3. The zero-order chi connectivity index (χ0) is 15.2. The Balaban J connectivity index is 1.86. The molecule has 6 heteroatoms. The van der Waals surface area contributed by atoms with E-state index in [9.17, 15) is 9.59 Å². The highest BCUT2D eigenvalue weighted by atomic mass is 127. The monoisotopic (exact) mass is 396 g/mol. The standard InChI is InChI=1S/C15H13IN2O3/c16-11-3-7-13(8-4-11)21-9-14(19)18-12-5-1-10(2-6-12)15(17)20/h1-8H,9H2,(H2,17,20)(H,18,19). The van der Waals surface area contributed by atoms with Crippen molar-refractivity contribution in [3.05, 3.63) is 57.7 Å². The number of primary amides is 1. The van der Waals surface area contributed by atoms with E-state index in [-0.39, 0.29) is 12.5 Å². The van der Waals surface area contributed by atoms with Gasteiger partial charge < -0.3 is 15.8 Å². The molecule has 108 valence electrons. The first-order valence-electron chi connectivity index (χ1n) is 6.12. The van der Waals surface area contributed by atoms with E-state index in [1.807, 2.05) is 12.1 Å². The summed E-state index contributed by atoms with van der Waals surface area (Å²) in [6, 6.07) is 13.7. The van der Waals surface area contributed by atoms with Crippen molar-refractivity contribution in [1.29, 1.82) is 0 Å². The van der Waals surface area contributed by atoms with Crippen molar-refractivity contribution < 1.29 is 14.3 Å². The molecule has 2 aromatic rings. The van der Waals surface area contributed by atoms with Crippen LogP contribution in [0.3, 0.4) is 0 Å². The topological polar surface area (TPSA) is 81.4 Å². The van der Waals surface area contributed by atoms with Crippen LogP contribution >= 0.6 is 22.6 Å². The fourth-order valence-electron chi connectivity index (χ4n) is 1.59. The summed E-state index contributed by atoms with van der Waals surface area (Å²) in [6.07, 6.45) is 0. The Morgan fingerprint density at radius 1 is 1.05 bits per heavy atom. The van der Waals surface area contributed by atoms with Gasteiger partial charge in [-0.15, -0.1) is 0 Å². The molecule has 0 saturated heterocycles. The quantitative estimate of drug-likeness (QED) is 0.762. The predicted molar refractivity (Wildman–Crippen MR) is 88.2 cm³/mol. The Bertz CT molecular complexity index is 639. The zero-order valence-corrected chi connectivity index (χ0v) is 13.2. The predicted octanol–water partition coefficient (Wildman–Crippen LogP) is 2.41. The van der Waals surface area contributed by atoms with Crippen LogP contribution < -0.4 is 15.8 Å². The number of carbonyl (C=O) groups excluding carboxylic acids is 2. The number of ether oxygens (including phenoxy) is 1. The number of halogens is 1. The summed E-state index contributed by atoms with van der Waals surface area (Å²) in [5.41, 5.74) is 6.11. The van der Waals surface area contributed by atoms with Gasteiger partial charge in [-0.25, -0.2) is 0 Å². The molecule has 3 N–H and O–H groups in total. The van der Waals surface area contributed by atoms with Gasteiger partial charge in [0.15, 0.2) is 6.61 Å². The van der Waals surface area contributed by atoms with Gasteiger partial charge in [0.2, 0.25) is 5.91 Å². The number of hydrogen-bond acceptors (Lipinski definition) is 3. The third-order valence-corrected chi connectivity index (χ3v) is 3.36. The lowest BCUT2D eigenvalue weighted by Gasteiger charge is -2.08. The summed E-state index contributed by atoms with van der Waals surface area (Å²) in [4.78, 5) is 22.7. The lowest BCUT2D eigenvalue weighted by molar-refractivity contribution is -0.118. The first-order valence-corrected chi connectivity index (χ1v) is 7.20. The van der Waals surface area contributed by atoms with Crippen LogP contribution in [0.4, 0.5) is 5.69 Å². The average Bonchev–Trinajstić information content (AvgIpc) is 2.47. The third-order valence-electron chi connectivity index (χ3n) is 2.64. The van der Waals surface area contributed by atoms with Crippen LogP contribution in [0.2, 0.25) is 0 Å². The van der Waals surface area contributed by atoms with Crippen LogP contribution in [0.1, 0.15) is 10.4 Å². The number of nitrogens with two attached hydrogens (primary N) is 1. The van der Waals surface area contributed by atoms with Crippen LogP contribution in [0.15, 0.2) is 48.5 Å². The average molecular weight is 396 g/mol. The largest absolute Gasteiger partial charge is 0.484 e. The Morgan fingerprint density at radius 3 is 2.24 bits per heavy atom. The molecule has 0 aliphatic heterocycles. The Morgan fingerprint density at radius 2 is 1.67 bits per heavy atom. The number of carbonyl (C=O) groups is 2. The first kappa shape index (κ1) is 15.3. The minimum absolute atomic E-state index is 0.0852. The van der Waals surface area contributed by atoms with Gasteiger partial charge in [-0.05, 0) is 71.1 Å². The lowest BCUT2D eigenvalue weighted by Crippen LogP contribution is -2.20. The SMILES string of the molecule is NC(=O)c1ccc(NC(=O)COc2ccc(I)cc2)cc1. The van der Waals surface area contributed by atoms with Gasteiger partial charge in [0.05, 0.1) is 0 Å². The minimum atomic E-state index is -0.505. The molecule has 0 unspecified atom stereocenters. The molecule has 21 heavy (non-hydrogen) atoms. The van der Waals surface area contributed by atoms with Crippen molar-refractivity contribution in [3.63, 3.8) is 0 Å². The van der Waals surface area contributed by atoms with Crippen LogP contribution in [0, 0.1) is 3.57 Å². The molecule has 0 fully saturated rings. The molecule has 0 aliphatic rings. The zero-order valence-electron chi connectivity index (χ0n) is 11.0. The van der Waals surface area contributed by atoms with E-state index >= 15 is 0 Å². The van der Waals surface area contributed by atoms with Crippen molar-refractivity contribution >= 4 is 40.1 Å². The molecule has 0 atom stereocenters. The number of hydrogen-bond donors (Lipinski definition) is 2. The highest BCUT2D eigenvalue weighted by Gasteiger charge is 2.05. The van der Waals surface area contributed by atoms with Gasteiger partial charge in [-0.1, -0.05) is 0 Å². The van der Waals surface area contributed by atoms with E-state index in [0.29, 0.717) is 17.0 Å². The highest BCUT2D eigenvalue weighted by molar-refractivity contribution is 14.1. The second-order valence-corrected chi connectivity index (χ2v) is 5.48. The molecule has 0 saturated carbocycles. The van der Waals surface area contributed by atoms with E-state index in [4.69, 9.17) is 10.5 Å². The van der Waals surface area contributed by atoms with Gasteiger partial charge in [-0.3, -0.25) is 9.59 Å². The van der Waals surface area contributed by atoms with E-state index in [0.717, 1.165) is 3.57 Å². The van der Waals surface area contributed by atoms with Gasteiger partial charge in [-0.2, -0.15) is 0 Å². The molecule has 0 aliphatic carbocycles. The van der Waals surface area contributed by atoms with Gasteiger partial charge in [0, 0.05) is 14.8 Å². The molecule has 2 rings (SSSR count). The maximum Gasteiger partial charge on any atom is 0.262 e. The van der Waals surface area contributed by atoms with Gasteiger partial charge >= 0.3 is 0 Å². The van der Waals surface area contributed by atoms with Crippen molar-refractivity contribution in [3.8, 4) is 5.75 Å². The molecular weight excluding hydrogens is 383 g/mol. The van der Waals surface area contributed by atoms with E-state index in [1.165, 1.54) is 0 Å². The fraction of sp³-hybridized carbons (Fsp3) is 0.0667. The Kier molecular flexibility index (Phi) is 5.15. The van der Waals surface area contributed by atoms with Crippen LogP contribution in [-0.2, 0) is 4.79 Å². The van der Waals surface area contributed by atoms with Crippen molar-refractivity contribution in [2.75, 3.05) is 11.9 Å². The third kappa shape index (κ3) is 4.75. The second-order valence-electron chi connectivity index (χ2n) is 4.23. The fourth-order valence-corrected chi connectivity index (χ4v) is 1.95. The number of rotatable bonds is 5. The molecule has 0 radical (unpaired) electrons. The number of anilines is 1. The first-order chi connectivity index (χ1) is 10.0. The lowest BCUT2D eigenvalue weighted by atomic mass is 10.2. The van der Waals surface area contributed by atoms with Crippen LogP contribution in [0.25, 0.3) is 0 Å². The molecule has 5 nitrogen and oxygen atoms in total. The normalized spacial score (nSPS) is 9.95.